The number of alkyl halides is 1. The van der Waals surface area contributed by atoms with Crippen LogP contribution < -0.4 is 0 Å². The number of pyridine rings is 1. The van der Waals surface area contributed by atoms with Gasteiger partial charge >= 0.3 is 0 Å². The summed E-state index contributed by atoms with van der Waals surface area (Å²) in [6.45, 7) is 2.12. The van der Waals surface area contributed by atoms with Gasteiger partial charge in [-0.3, -0.25) is 4.98 Å². The third kappa shape index (κ3) is 2.97. The van der Waals surface area contributed by atoms with Crippen molar-refractivity contribution in [1.29, 1.82) is 0 Å². The minimum atomic E-state index is 0.311. The second-order valence-corrected chi connectivity index (χ2v) is 8.28. The zero-order chi connectivity index (χ0) is 14.1. The van der Waals surface area contributed by atoms with E-state index in [9.17, 15) is 0 Å². The van der Waals surface area contributed by atoms with Gasteiger partial charge in [0.15, 0.2) is 0 Å². The minimum absolute atomic E-state index is 0.311. The Morgan fingerprint density at radius 1 is 1.20 bits per heavy atom. The van der Waals surface area contributed by atoms with Crippen molar-refractivity contribution in [1.82, 2.24) is 4.98 Å². The van der Waals surface area contributed by atoms with Crippen LogP contribution in [0.2, 0.25) is 0 Å². The summed E-state index contributed by atoms with van der Waals surface area (Å²) in [4.78, 5) is 6.38. The molecule has 2 heterocycles. The number of hydrogen-bond acceptors (Lipinski definition) is 2. The van der Waals surface area contributed by atoms with Gasteiger partial charge in [-0.1, -0.05) is 40.2 Å². The number of nitrogens with zero attached hydrogens (tertiary/aromatic N) is 1. The van der Waals surface area contributed by atoms with Crippen LogP contribution in [-0.4, -0.2) is 4.98 Å². The zero-order valence-electron chi connectivity index (χ0n) is 10.9. The van der Waals surface area contributed by atoms with E-state index < -0.39 is 0 Å². The highest BCUT2D eigenvalue weighted by Crippen LogP contribution is 2.36. The third-order valence-corrected chi connectivity index (χ3v) is 6.60. The van der Waals surface area contributed by atoms with E-state index in [0.717, 1.165) is 17.6 Å². The summed E-state index contributed by atoms with van der Waals surface area (Å²) >= 11 is 9.16. The van der Waals surface area contributed by atoms with Gasteiger partial charge in [0.25, 0.3) is 0 Å². The summed E-state index contributed by atoms with van der Waals surface area (Å²) in [5.74, 6) is 0. The fourth-order valence-electron chi connectivity index (χ4n) is 2.14. The van der Waals surface area contributed by atoms with Crippen LogP contribution in [0.15, 0.2) is 46.3 Å². The summed E-state index contributed by atoms with van der Waals surface area (Å²) in [6, 6.07) is 14.7. The number of aromatic nitrogens is 1. The number of halogens is 2. The highest BCUT2D eigenvalue weighted by atomic mass is 79.9. The monoisotopic (exact) mass is 409 g/mol. The molecule has 0 bridgehead atoms. The predicted octanol–water partition coefficient (Wildman–Crippen LogP) is 6.05. The molecule has 0 aliphatic rings. The van der Waals surface area contributed by atoms with Crippen LogP contribution in [0.5, 0.6) is 0 Å². The molecule has 0 saturated heterocycles. The molecule has 1 nitrogen and oxygen atoms in total. The second-order valence-electron chi connectivity index (χ2n) is 4.77. The second kappa shape index (κ2) is 5.96. The molecular formula is C16H13Br2NS. The molecule has 3 aromatic rings. The summed E-state index contributed by atoms with van der Waals surface area (Å²) in [7, 11) is 0. The average molecular weight is 411 g/mol. The SMILES string of the molecule is Cc1cc(C(Br)Cc2ccc3ccccc3n2)sc1Br. The van der Waals surface area contributed by atoms with Crippen LogP contribution in [0, 0.1) is 6.92 Å². The van der Waals surface area contributed by atoms with Crippen LogP contribution in [0.1, 0.15) is 21.0 Å². The summed E-state index contributed by atoms with van der Waals surface area (Å²) in [5.41, 5.74) is 3.47. The van der Waals surface area contributed by atoms with Gasteiger partial charge in [-0.05, 0) is 46.6 Å². The highest BCUT2D eigenvalue weighted by Gasteiger charge is 2.13. The lowest BCUT2D eigenvalue weighted by Gasteiger charge is -2.08. The molecule has 0 saturated carbocycles. The van der Waals surface area contributed by atoms with Gasteiger partial charge in [0.1, 0.15) is 0 Å². The summed E-state index contributed by atoms with van der Waals surface area (Å²) in [6.07, 6.45) is 0.900. The molecule has 0 aliphatic heterocycles. The van der Waals surface area contributed by atoms with Gasteiger partial charge in [0.05, 0.1) is 14.1 Å². The maximum atomic E-state index is 4.73. The summed E-state index contributed by atoms with van der Waals surface area (Å²) < 4.78 is 1.21. The Hall–Kier alpha value is -0.710. The van der Waals surface area contributed by atoms with Crippen molar-refractivity contribution >= 4 is 54.1 Å². The number of rotatable bonds is 3. The molecule has 20 heavy (non-hydrogen) atoms. The first-order valence-electron chi connectivity index (χ1n) is 6.38. The molecule has 0 radical (unpaired) electrons. The molecule has 1 aromatic carbocycles. The average Bonchev–Trinajstić information content (AvgIpc) is 2.79. The molecule has 0 fully saturated rings. The number of hydrogen-bond donors (Lipinski definition) is 0. The minimum Gasteiger partial charge on any atom is -0.253 e. The molecule has 4 heteroatoms. The smallest absolute Gasteiger partial charge is 0.0730 e. The lowest BCUT2D eigenvalue weighted by atomic mass is 10.1. The number of para-hydroxylation sites is 1. The van der Waals surface area contributed by atoms with Crippen LogP contribution >= 0.6 is 43.2 Å². The molecule has 1 atom stereocenters. The number of thiophene rings is 1. The van der Waals surface area contributed by atoms with E-state index in [1.807, 2.05) is 12.1 Å². The van der Waals surface area contributed by atoms with E-state index in [1.54, 1.807) is 11.3 Å². The van der Waals surface area contributed by atoms with Gasteiger partial charge in [0.2, 0.25) is 0 Å². The Balaban J connectivity index is 1.85. The highest BCUT2D eigenvalue weighted by molar-refractivity contribution is 9.11. The fraction of sp³-hybridized carbons (Fsp3) is 0.188. The Bertz CT molecular complexity index is 732. The lowest BCUT2D eigenvalue weighted by molar-refractivity contribution is 0.928. The lowest BCUT2D eigenvalue weighted by Crippen LogP contribution is -1.96. The largest absolute Gasteiger partial charge is 0.253 e. The number of fused-ring (bicyclic) bond motifs is 1. The zero-order valence-corrected chi connectivity index (χ0v) is 14.9. The van der Waals surface area contributed by atoms with Crippen molar-refractivity contribution in [2.45, 2.75) is 18.2 Å². The van der Waals surface area contributed by atoms with Gasteiger partial charge < -0.3 is 0 Å². The van der Waals surface area contributed by atoms with E-state index in [1.165, 1.54) is 19.6 Å². The first-order chi connectivity index (χ1) is 9.63. The molecular weight excluding hydrogens is 398 g/mol. The molecule has 0 spiro atoms. The predicted molar refractivity (Wildman–Crippen MR) is 93.9 cm³/mol. The van der Waals surface area contributed by atoms with Crippen LogP contribution in [0.4, 0.5) is 0 Å². The van der Waals surface area contributed by atoms with Crippen molar-refractivity contribution < 1.29 is 0 Å². The fourth-order valence-corrected chi connectivity index (χ4v) is 4.44. The van der Waals surface area contributed by atoms with E-state index in [-0.39, 0.29) is 0 Å². The van der Waals surface area contributed by atoms with Crippen LogP contribution in [-0.2, 0) is 6.42 Å². The Kier molecular flexibility index (Phi) is 4.24. The molecule has 0 aliphatic carbocycles. The number of benzene rings is 1. The normalized spacial score (nSPS) is 12.8. The van der Waals surface area contributed by atoms with E-state index in [0.29, 0.717) is 4.83 Å². The van der Waals surface area contributed by atoms with Crippen LogP contribution in [0.25, 0.3) is 10.9 Å². The number of aryl methyl sites for hydroxylation is 1. The van der Waals surface area contributed by atoms with Gasteiger partial charge in [0, 0.05) is 22.4 Å². The molecule has 0 N–H and O–H groups in total. The van der Waals surface area contributed by atoms with Crippen molar-refractivity contribution in [2.75, 3.05) is 0 Å². The first kappa shape index (κ1) is 14.2. The van der Waals surface area contributed by atoms with Gasteiger partial charge in [-0.25, -0.2) is 0 Å². The van der Waals surface area contributed by atoms with Crippen molar-refractivity contribution in [2.24, 2.45) is 0 Å². The molecule has 102 valence electrons. The van der Waals surface area contributed by atoms with Crippen molar-refractivity contribution in [3.05, 3.63) is 62.4 Å². The molecule has 3 rings (SSSR count). The summed E-state index contributed by atoms with van der Waals surface area (Å²) in [5, 5.41) is 1.19. The van der Waals surface area contributed by atoms with E-state index >= 15 is 0 Å². The standard InChI is InChI=1S/C16H13Br2NS/c1-10-8-15(20-16(10)18)13(17)9-12-7-6-11-4-2-3-5-14(11)19-12/h2-8,13H,9H2,1H3. The maximum Gasteiger partial charge on any atom is 0.0730 e. The Morgan fingerprint density at radius 3 is 2.75 bits per heavy atom. The third-order valence-electron chi connectivity index (χ3n) is 3.23. The molecule has 0 amide bonds. The van der Waals surface area contributed by atoms with Gasteiger partial charge in [-0.15, -0.1) is 11.3 Å². The Labute approximate surface area is 139 Å². The van der Waals surface area contributed by atoms with Crippen molar-refractivity contribution in [3.63, 3.8) is 0 Å². The first-order valence-corrected chi connectivity index (χ1v) is 8.90. The quantitative estimate of drug-likeness (QED) is 0.479. The van der Waals surface area contributed by atoms with E-state index in [2.05, 4.69) is 69.1 Å². The molecule has 2 aromatic heterocycles. The van der Waals surface area contributed by atoms with Crippen LogP contribution in [0.3, 0.4) is 0 Å². The van der Waals surface area contributed by atoms with Gasteiger partial charge in [-0.2, -0.15) is 0 Å². The molecule has 1 unspecified atom stereocenters. The van der Waals surface area contributed by atoms with Crippen molar-refractivity contribution in [3.8, 4) is 0 Å². The van der Waals surface area contributed by atoms with E-state index in [4.69, 9.17) is 4.98 Å². The Morgan fingerprint density at radius 2 is 2.00 bits per heavy atom. The topological polar surface area (TPSA) is 12.9 Å². The maximum absolute atomic E-state index is 4.73.